The zero-order valence-electron chi connectivity index (χ0n) is 13.3. The van der Waals surface area contributed by atoms with Gasteiger partial charge in [-0.2, -0.15) is 13.2 Å². The quantitative estimate of drug-likeness (QED) is 0.899. The third-order valence-corrected chi connectivity index (χ3v) is 3.91. The minimum Gasteiger partial charge on any atom is -0.331 e. The van der Waals surface area contributed by atoms with E-state index >= 15 is 0 Å². The first-order valence-corrected chi connectivity index (χ1v) is 7.31. The average Bonchev–Trinajstić information content (AvgIpc) is 2.34. The molecule has 1 fully saturated rings. The van der Waals surface area contributed by atoms with Gasteiger partial charge in [0, 0.05) is 25.3 Å². The number of aromatic nitrogens is 1. The van der Waals surface area contributed by atoms with Crippen LogP contribution < -0.4 is 5.56 Å². The second-order valence-electron chi connectivity index (χ2n) is 6.48. The van der Waals surface area contributed by atoms with Crippen molar-refractivity contribution in [2.45, 2.75) is 32.5 Å². The van der Waals surface area contributed by atoms with E-state index in [1.54, 1.807) is 26.8 Å². The predicted molar refractivity (Wildman–Crippen MR) is 79.4 cm³/mol. The summed E-state index contributed by atoms with van der Waals surface area (Å²) >= 11 is 0. The van der Waals surface area contributed by atoms with Crippen LogP contribution in [0.1, 0.15) is 29.9 Å². The van der Waals surface area contributed by atoms with Crippen LogP contribution in [0, 0.1) is 6.92 Å². The fourth-order valence-corrected chi connectivity index (χ4v) is 2.91. The van der Waals surface area contributed by atoms with Crippen LogP contribution in [-0.4, -0.2) is 58.6 Å². The molecule has 1 aliphatic rings. The highest BCUT2D eigenvalue weighted by molar-refractivity contribution is 5.94. The van der Waals surface area contributed by atoms with E-state index in [0.29, 0.717) is 5.69 Å². The van der Waals surface area contributed by atoms with Crippen LogP contribution in [-0.2, 0) is 0 Å². The van der Waals surface area contributed by atoms with Gasteiger partial charge in [0.25, 0.3) is 11.5 Å². The van der Waals surface area contributed by atoms with Crippen molar-refractivity contribution in [1.29, 1.82) is 0 Å². The smallest absolute Gasteiger partial charge is 0.331 e. The SMILES string of the molecule is Cc1ccc(C(=O)N2CCN(CC(F)(F)F)CC2(C)C)c(=O)[nH]1. The normalized spacial score (nSPS) is 19.0. The van der Waals surface area contributed by atoms with E-state index in [0.717, 1.165) is 0 Å². The summed E-state index contributed by atoms with van der Waals surface area (Å²) in [5, 5.41) is 0. The van der Waals surface area contributed by atoms with Gasteiger partial charge in [-0.1, -0.05) is 0 Å². The summed E-state index contributed by atoms with van der Waals surface area (Å²) in [5.74, 6) is -0.456. The molecule has 1 aliphatic heterocycles. The van der Waals surface area contributed by atoms with E-state index in [1.807, 2.05) is 0 Å². The Labute approximate surface area is 132 Å². The molecule has 2 heterocycles. The number of aryl methyl sites for hydroxylation is 1. The lowest BCUT2D eigenvalue weighted by molar-refractivity contribution is -0.153. The Morgan fingerprint density at radius 3 is 2.48 bits per heavy atom. The molecule has 128 valence electrons. The van der Waals surface area contributed by atoms with Gasteiger partial charge in [0.2, 0.25) is 0 Å². The fraction of sp³-hybridized carbons (Fsp3) is 0.600. The lowest BCUT2D eigenvalue weighted by Gasteiger charge is -2.47. The summed E-state index contributed by atoms with van der Waals surface area (Å²) in [6.07, 6.45) is -4.27. The number of nitrogens with zero attached hydrogens (tertiary/aromatic N) is 2. The number of aromatic amines is 1. The fourth-order valence-electron chi connectivity index (χ4n) is 2.91. The van der Waals surface area contributed by atoms with E-state index in [2.05, 4.69) is 4.98 Å². The highest BCUT2D eigenvalue weighted by Gasteiger charge is 2.41. The van der Waals surface area contributed by atoms with E-state index < -0.39 is 29.7 Å². The number of hydrogen-bond acceptors (Lipinski definition) is 3. The topological polar surface area (TPSA) is 56.4 Å². The molecule has 0 aliphatic carbocycles. The van der Waals surface area contributed by atoms with Crippen molar-refractivity contribution >= 4 is 5.91 Å². The van der Waals surface area contributed by atoms with Gasteiger partial charge in [-0.05, 0) is 32.9 Å². The summed E-state index contributed by atoms with van der Waals surface area (Å²) in [7, 11) is 0. The first-order chi connectivity index (χ1) is 10.5. The third-order valence-electron chi connectivity index (χ3n) is 3.91. The second kappa shape index (κ2) is 5.99. The largest absolute Gasteiger partial charge is 0.401 e. The lowest BCUT2D eigenvalue weighted by Crippen LogP contribution is -2.62. The molecule has 0 radical (unpaired) electrons. The molecule has 1 saturated heterocycles. The van der Waals surface area contributed by atoms with E-state index in [-0.39, 0.29) is 25.2 Å². The molecular weight excluding hydrogens is 311 g/mol. The lowest BCUT2D eigenvalue weighted by atomic mass is 9.97. The maximum atomic E-state index is 12.6. The number of H-pyrrole nitrogens is 1. The van der Waals surface area contributed by atoms with Gasteiger partial charge < -0.3 is 9.88 Å². The van der Waals surface area contributed by atoms with Gasteiger partial charge in [0.05, 0.1) is 12.1 Å². The maximum Gasteiger partial charge on any atom is 0.401 e. The first kappa shape index (κ1) is 17.5. The molecule has 0 spiro atoms. The molecule has 0 atom stereocenters. The highest BCUT2D eigenvalue weighted by atomic mass is 19.4. The number of carbonyl (C=O) groups excluding carboxylic acids is 1. The number of carbonyl (C=O) groups is 1. The van der Waals surface area contributed by atoms with E-state index in [1.165, 1.54) is 15.9 Å². The van der Waals surface area contributed by atoms with Crippen LogP contribution in [0.3, 0.4) is 0 Å². The van der Waals surface area contributed by atoms with Crippen molar-refractivity contribution in [2.24, 2.45) is 0 Å². The Hall–Kier alpha value is -1.83. The summed E-state index contributed by atoms with van der Waals surface area (Å²) in [5.41, 5.74) is -0.630. The van der Waals surface area contributed by atoms with Crippen LogP contribution >= 0.6 is 0 Å². The second-order valence-corrected chi connectivity index (χ2v) is 6.48. The van der Waals surface area contributed by atoms with Gasteiger partial charge in [-0.25, -0.2) is 0 Å². The molecule has 1 amide bonds. The van der Waals surface area contributed by atoms with Gasteiger partial charge in [0.1, 0.15) is 5.56 Å². The minimum absolute atomic E-state index is 0.00736. The van der Waals surface area contributed by atoms with Crippen molar-refractivity contribution in [3.8, 4) is 0 Å². The number of alkyl halides is 3. The number of amides is 1. The first-order valence-electron chi connectivity index (χ1n) is 7.31. The van der Waals surface area contributed by atoms with Gasteiger partial charge >= 0.3 is 6.18 Å². The van der Waals surface area contributed by atoms with Crippen molar-refractivity contribution in [2.75, 3.05) is 26.2 Å². The van der Waals surface area contributed by atoms with Gasteiger partial charge in [-0.3, -0.25) is 14.5 Å². The predicted octanol–water partition coefficient (Wildman–Crippen LogP) is 1.78. The van der Waals surface area contributed by atoms with Crippen molar-refractivity contribution in [3.63, 3.8) is 0 Å². The monoisotopic (exact) mass is 331 g/mol. The van der Waals surface area contributed by atoms with Crippen LogP contribution in [0.25, 0.3) is 0 Å². The van der Waals surface area contributed by atoms with Crippen molar-refractivity contribution in [1.82, 2.24) is 14.8 Å². The number of hydrogen-bond donors (Lipinski definition) is 1. The molecule has 1 aromatic heterocycles. The molecule has 1 aromatic rings. The number of nitrogens with one attached hydrogen (secondary N) is 1. The number of halogens is 3. The third kappa shape index (κ3) is 4.13. The number of rotatable bonds is 2. The highest BCUT2D eigenvalue weighted by Crippen LogP contribution is 2.25. The van der Waals surface area contributed by atoms with Crippen LogP contribution in [0.4, 0.5) is 13.2 Å². The molecule has 23 heavy (non-hydrogen) atoms. The summed E-state index contributed by atoms with van der Waals surface area (Å²) in [6.45, 7) is 4.49. The summed E-state index contributed by atoms with van der Waals surface area (Å²) < 4.78 is 37.6. The molecule has 1 N–H and O–H groups in total. The van der Waals surface area contributed by atoms with E-state index in [9.17, 15) is 22.8 Å². The minimum atomic E-state index is -4.27. The van der Waals surface area contributed by atoms with Gasteiger partial charge in [0.15, 0.2) is 0 Å². The standard InChI is InChI=1S/C15H20F3N3O2/c1-10-4-5-11(12(22)19-10)13(23)21-7-6-20(8-14(21,2)3)9-15(16,17)18/h4-5H,6-9H2,1-3H3,(H,19,22). The van der Waals surface area contributed by atoms with Crippen molar-refractivity contribution < 1.29 is 18.0 Å². The number of piperazine rings is 1. The summed E-state index contributed by atoms with van der Waals surface area (Å²) in [6, 6.07) is 3.08. The molecule has 0 aromatic carbocycles. The zero-order valence-corrected chi connectivity index (χ0v) is 13.3. The van der Waals surface area contributed by atoms with Crippen molar-refractivity contribution in [3.05, 3.63) is 33.7 Å². The van der Waals surface area contributed by atoms with Crippen LogP contribution in [0.5, 0.6) is 0 Å². The average molecular weight is 331 g/mol. The molecule has 2 rings (SSSR count). The molecule has 5 nitrogen and oxygen atoms in total. The van der Waals surface area contributed by atoms with Gasteiger partial charge in [-0.15, -0.1) is 0 Å². The Balaban J connectivity index is 2.18. The summed E-state index contributed by atoms with van der Waals surface area (Å²) in [4.78, 5) is 29.8. The molecule has 0 unspecified atom stereocenters. The molecule has 0 bridgehead atoms. The Morgan fingerprint density at radius 2 is 1.96 bits per heavy atom. The molecule has 0 saturated carbocycles. The number of pyridine rings is 1. The zero-order chi connectivity index (χ0) is 17.4. The Kier molecular flexibility index (Phi) is 4.57. The Bertz CT molecular complexity index is 652. The molecular formula is C15H20F3N3O2. The molecule has 8 heteroatoms. The van der Waals surface area contributed by atoms with E-state index in [4.69, 9.17) is 0 Å². The Morgan fingerprint density at radius 1 is 1.30 bits per heavy atom. The maximum absolute atomic E-state index is 12.6. The van der Waals surface area contributed by atoms with Crippen LogP contribution in [0.2, 0.25) is 0 Å². The van der Waals surface area contributed by atoms with Crippen LogP contribution in [0.15, 0.2) is 16.9 Å².